The Hall–Kier alpha value is -0.460. The maximum atomic E-state index is 5.01. The summed E-state index contributed by atoms with van der Waals surface area (Å²) in [5.41, 5.74) is 0. The third-order valence-electron chi connectivity index (χ3n) is 1.49. The molecule has 0 bridgehead atoms. The summed E-state index contributed by atoms with van der Waals surface area (Å²) in [6.07, 6.45) is 0. The van der Waals surface area contributed by atoms with Gasteiger partial charge in [0, 0.05) is 13.7 Å². The van der Waals surface area contributed by atoms with Crippen LogP contribution in [0.4, 0.5) is 5.13 Å². The van der Waals surface area contributed by atoms with Gasteiger partial charge in [-0.1, -0.05) is 18.3 Å². The van der Waals surface area contributed by atoms with Crippen LogP contribution in [-0.2, 0) is 4.74 Å². The van der Waals surface area contributed by atoms with E-state index in [1.807, 2.05) is 0 Å². The molecule has 1 aromatic rings. The molecule has 0 amide bonds. The van der Waals surface area contributed by atoms with Crippen molar-refractivity contribution in [1.29, 1.82) is 0 Å². The third-order valence-corrected chi connectivity index (χ3v) is 2.54. The van der Waals surface area contributed by atoms with E-state index in [4.69, 9.17) is 17.0 Å². The zero-order valence-corrected chi connectivity index (χ0v) is 9.30. The summed E-state index contributed by atoms with van der Waals surface area (Å²) >= 11 is 6.34. The molecule has 0 saturated heterocycles. The van der Waals surface area contributed by atoms with E-state index in [9.17, 15) is 0 Å². The van der Waals surface area contributed by atoms with Crippen LogP contribution in [0, 0.1) is 9.87 Å². The minimum absolute atomic E-state index is 0.475. The molecule has 0 aliphatic heterocycles. The van der Waals surface area contributed by atoms with Crippen molar-refractivity contribution in [3.63, 3.8) is 0 Å². The molecule has 1 atom stereocenters. The van der Waals surface area contributed by atoms with Gasteiger partial charge in [0.15, 0.2) is 3.95 Å². The maximum absolute atomic E-state index is 5.01. The van der Waals surface area contributed by atoms with E-state index in [0.717, 1.165) is 18.3 Å². The molecule has 0 fully saturated rings. The fourth-order valence-electron chi connectivity index (χ4n) is 0.910. The molecular weight excluding hydrogens is 206 g/mol. The largest absolute Gasteiger partial charge is 0.384 e. The number of nitrogens with one attached hydrogen (secondary N) is 2. The number of H-pyrrole nitrogens is 1. The quantitative estimate of drug-likeness (QED) is 0.743. The average Bonchev–Trinajstić information content (AvgIpc) is 2.49. The van der Waals surface area contributed by atoms with E-state index in [0.29, 0.717) is 9.87 Å². The second kappa shape index (κ2) is 5.31. The van der Waals surface area contributed by atoms with E-state index in [-0.39, 0.29) is 0 Å². The van der Waals surface area contributed by atoms with Gasteiger partial charge in [0.25, 0.3) is 0 Å². The van der Waals surface area contributed by atoms with E-state index in [2.05, 4.69) is 22.4 Å². The van der Waals surface area contributed by atoms with Crippen molar-refractivity contribution in [2.75, 3.05) is 25.6 Å². The number of hydrogen-bond acceptors (Lipinski definition) is 5. The fraction of sp³-hybridized carbons (Fsp3) is 0.714. The Balaban J connectivity index is 2.30. The van der Waals surface area contributed by atoms with Gasteiger partial charge < -0.3 is 10.1 Å². The Morgan fingerprint density at radius 3 is 3.08 bits per heavy atom. The van der Waals surface area contributed by atoms with Gasteiger partial charge in [0.05, 0.1) is 6.61 Å². The second-order valence-corrected chi connectivity index (χ2v) is 4.53. The van der Waals surface area contributed by atoms with Crippen molar-refractivity contribution in [3.05, 3.63) is 3.95 Å². The topological polar surface area (TPSA) is 49.9 Å². The summed E-state index contributed by atoms with van der Waals surface area (Å²) in [6.45, 7) is 3.72. The molecule has 0 aromatic carbocycles. The molecule has 0 aliphatic rings. The van der Waals surface area contributed by atoms with Gasteiger partial charge in [-0.3, -0.25) is 5.10 Å². The first-order valence-corrected chi connectivity index (χ1v) is 5.23. The first-order chi connectivity index (χ1) is 6.22. The van der Waals surface area contributed by atoms with Gasteiger partial charge in [-0.05, 0) is 18.1 Å². The SMILES string of the molecule is COCC(C)CNc1n[nH]c(=S)s1. The summed E-state index contributed by atoms with van der Waals surface area (Å²) in [4.78, 5) is 0. The van der Waals surface area contributed by atoms with Crippen LogP contribution in [-0.4, -0.2) is 30.5 Å². The lowest BCUT2D eigenvalue weighted by Gasteiger charge is -2.09. The monoisotopic (exact) mass is 219 g/mol. The molecule has 2 N–H and O–H groups in total. The minimum Gasteiger partial charge on any atom is -0.384 e. The first-order valence-electron chi connectivity index (χ1n) is 4.00. The number of rotatable bonds is 5. The number of methoxy groups -OCH3 is 1. The lowest BCUT2D eigenvalue weighted by molar-refractivity contribution is 0.164. The molecule has 0 spiro atoms. The number of anilines is 1. The number of aromatic amines is 1. The Kier molecular flexibility index (Phi) is 4.34. The molecule has 74 valence electrons. The molecule has 1 heterocycles. The van der Waals surface area contributed by atoms with E-state index in [1.165, 1.54) is 11.3 Å². The summed E-state index contributed by atoms with van der Waals surface area (Å²) in [5, 5.41) is 10.7. The number of hydrogen-bond donors (Lipinski definition) is 2. The Bertz CT molecular complexity index is 296. The highest BCUT2D eigenvalue weighted by atomic mass is 32.1. The van der Waals surface area contributed by atoms with Crippen LogP contribution in [0.2, 0.25) is 0 Å². The molecule has 0 aliphatic carbocycles. The molecule has 4 nitrogen and oxygen atoms in total. The second-order valence-electron chi connectivity index (χ2n) is 2.86. The highest BCUT2D eigenvalue weighted by Gasteiger charge is 2.02. The lowest BCUT2D eigenvalue weighted by Crippen LogP contribution is -2.15. The fourth-order valence-corrected chi connectivity index (χ4v) is 1.71. The number of nitrogens with zero attached hydrogens (tertiary/aromatic N) is 1. The van der Waals surface area contributed by atoms with Gasteiger partial charge in [0.1, 0.15) is 0 Å². The summed E-state index contributed by atoms with van der Waals surface area (Å²) in [7, 11) is 1.70. The molecule has 1 rings (SSSR count). The summed E-state index contributed by atoms with van der Waals surface area (Å²) < 4.78 is 5.71. The van der Waals surface area contributed by atoms with Crippen LogP contribution in [0.3, 0.4) is 0 Å². The van der Waals surface area contributed by atoms with Crippen LogP contribution < -0.4 is 5.32 Å². The highest BCUT2D eigenvalue weighted by molar-refractivity contribution is 7.73. The Morgan fingerprint density at radius 2 is 2.54 bits per heavy atom. The Morgan fingerprint density at radius 1 is 1.77 bits per heavy atom. The molecule has 1 aromatic heterocycles. The van der Waals surface area contributed by atoms with Gasteiger partial charge in [-0.25, -0.2) is 0 Å². The molecular formula is C7H13N3OS2. The smallest absolute Gasteiger partial charge is 0.204 e. The van der Waals surface area contributed by atoms with E-state index >= 15 is 0 Å². The predicted octanol–water partition coefficient (Wildman–Crippen LogP) is 1.90. The molecule has 0 radical (unpaired) electrons. The van der Waals surface area contributed by atoms with Crippen molar-refractivity contribution in [2.45, 2.75) is 6.92 Å². The van der Waals surface area contributed by atoms with E-state index < -0.39 is 0 Å². The molecule has 13 heavy (non-hydrogen) atoms. The first kappa shape index (κ1) is 10.6. The molecule has 1 unspecified atom stereocenters. The van der Waals surface area contributed by atoms with Gasteiger partial charge >= 0.3 is 0 Å². The molecule has 6 heteroatoms. The van der Waals surface area contributed by atoms with Gasteiger partial charge in [-0.15, -0.1) is 5.10 Å². The minimum atomic E-state index is 0.475. The Labute approximate surface area is 86.3 Å². The zero-order valence-electron chi connectivity index (χ0n) is 7.66. The van der Waals surface area contributed by atoms with Crippen molar-refractivity contribution < 1.29 is 4.74 Å². The molecule has 0 saturated carbocycles. The van der Waals surface area contributed by atoms with Crippen LogP contribution in [0.25, 0.3) is 0 Å². The maximum Gasteiger partial charge on any atom is 0.204 e. The third kappa shape index (κ3) is 3.84. The van der Waals surface area contributed by atoms with Crippen molar-refractivity contribution >= 4 is 28.7 Å². The van der Waals surface area contributed by atoms with Crippen molar-refractivity contribution in [2.24, 2.45) is 5.92 Å². The van der Waals surface area contributed by atoms with Crippen molar-refractivity contribution in [1.82, 2.24) is 10.2 Å². The summed E-state index contributed by atoms with van der Waals surface area (Å²) in [6, 6.07) is 0. The normalized spacial score (nSPS) is 12.8. The lowest BCUT2D eigenvalue weighted by atomic mass is 10.2. The zero-order chi connectivity index (χ0) is 9.68. The van der Waals surface area contributed by atoms with Crippen LogP contribution in [0.5, 0.6) is 0 Å². The van der Waals surface area contributed by atoms with Crippen LogP contribution >= 0.6 is 23.6 Å². The standard InChI is InChI=1S/C7H13N3OS2/c1-5(4-11-2)3-8-6-9-10-7(12)13-6/h5H,3-4H2,1-2H3,(H,8,9)(H,10,12). The number of aromatic nitrogens is 2. The number of ether oxygens (including phenoxy) is 1. The van der Waals surface area contributed by atoms with Gasteiger partial charge in [-0.2, -0.15) is 0 Å². The van der Waals surface area contributed by atoms with Crippen LogP contribution in [0.1, 0.15) is 6.92 Å². The van der Waals surface area contributed by atoms with Crippen LogP contribution in [0.15, 0.2) is 0 Å². The average molecular weight is 219 g/mol. The predicted molar refractivity (Wildman–Crippen MR) is 56.8 cm³/mol. The van der Waals surface area contributed by atoms with Crippen molar-refractivity contribution in [3.8, 4) is 0 Å². The summed E-state index contributed by atoms with van der Waals surface area (Å²) in [5.74, 6) is 0.475. The highest BCUT2D eigenvalue weighted by Crippen LogP contribution is 2.11. The van der Waals surface area contributed by atoms with Gasteiger partial charge in [0.2, 0.25) is 5.13 Å². The van der Waals surface area contributed by atoms with E-state index in [1.54, 1.807) is 7.11 Å².